The largest absolute Gasteiger partial charge is 0.249 e. The Kier molecular flexibility index (Phi) is 4.51. The third kappa shape index (κ3) is 3.49. The van der Waals surface area contributed by atoms with Crippen LogP contribution in [0.15, 0.2) is 6.20 Å². The average molecular weight is 241 g/mol. The van der Waals surface area contributed by atoms with Gasteiger partial charge in [-0.2, -0.15) is 11.8 Å². The summed E-state index contributed by atoms with van der Waals surface area (Å²) >= 11 is 4.01. The van der Waals surface area contributed by atoms with Gasteiger partial charge in [0.2, 0.25) is 0 Å². The molecule has 1 aliphatic rings. The van der Waals surface area contributed by atoms with E-state index in [0.29, 0.717) is 0 Å². The summed E-state index contributed by atoms with van der Waals surface area (Å²) in [5.41, 5.74) is 0. The van der Waals surface area contributed by atoms with E-state index in [1.807, 2.05) is 17.5 Å². The predicted octanol–water partition coefficient (Wildman–Crippen LogP) is 4.27. The number of thioether (sulfide) groups is 1. The van der Waals surface area contributed by atoms with E-state index in [-0.39, 0.29) is 0 Å². The highest BCUT2D eigenvalue weighted by molar-refractivity contribution is 7.99. The molecule has 2 rings (SSSR count). The molecule has 3 heteroatoms. The van der Waals surface area contributed by atoms with E-state index in [2.05, 4.69) is 23.7 Å². The van der Waals surface area contributed by atoms with Crippen molar-refractivity contribution in [2.75, 3.05) is 0 Å². The van der Waals surface area contributed by atoms with Gasteiger partial charge in [-0.25, -0.2) is 4.98 Å². The number of nitrogens with zero attached hydrogens (tertiary/aromatic N) is 1. The summed E-state index contributed by atoms with van der Waals surface area (Å²) in [6, 6.07) is 0. The zero-order chi connectivity index (χ0) is 10.5. The van der Waals surface area contributed by atoms with E-state index in [1.54, 1.807) is 0 Å². The molecule has 1 fully saturated rings. The number of hydrogen-bond acceptors (Lipinski definition) is 3. The number of rotatable bonds is 4. The maximum Gasteiger partial charge on any atom is 0.103 e. The second kappa shape index (κ2) is 5.90. The molecule has 1 saturated carbocycles. The van der Waals surface area contributed by atoms with Crippen molar-refractivity contribution in [1.82, 2.24) is 4.98 Å². The molecule has 0 unspecified atom stereocenters. The molecule has 0 N–H and O–H groups in total. The van der Waals surface area contributed by atoms with Crippen LogP contribution in [-0.2, 0) is 12.2 Å². The first kappa shape index (κ1) is 11.5. The lowest BCUT2D eigenvalue weighted by molar-refractivity contribution is 0.516. The van der Waals surface area contributed by atoms with Crippen molar-refractivity contribution in [3.8, 4) is 0 Å². The number of hydrogen-bond donors (Lipinski definition) is 0. The molecular weight excluding hydrogens is 222 g/mol. The monoisotopic (exact) mass is 241 g/mol. The van der Waals surface area contributed by atoms with Crippen LogP contribution in [0.1, 0.15) is 48.9 Å². The number of aromatic nitrogens is 1. The molecule has 1 aromatic heterocycles. The maximum absolute atomic E-state index is 4.47. The van der Waals surface area contributed by atoms with Crippen LogP contribution < -0.4 is 0 Å². The second-order valence-corrected chi connectivity index (χ2v) is 6.63. The van der Waals surface area contributed by atoms with Gasteiger partial charge in [0.1, 0.15) is 5.01 Å². The molecule has 0 aromatic carbocycles. The molecular formula is C12H19NS2. The van der Waals surface area contributed by atoms with E-state index in [4.69, 9.17) is 0 Å². The molecule has 0 atom stereocenters. The Balaban J connectivity index is 1.76. The lowest BCUT2D eigenvalue weighted by atomic mass is 10.0. The zero-order valence-corrected chi connectivity index (χ0v) is 11.0. The summed E-state index contributed by atoms with van der Waals surface area (Å²) in [5.74, 6) is 1.13. The minimum Gasteiger partial charge on any atom is -0.249 e. The first-order chi connectivity index (χ1) is 7.38. The van der Waals surface area contributed by atoms with Gasteiger partial charge in [-0.3, -0.25) is 0 Å². The van der Waals surface area contributed by atoms with E-state index in [1.165, 1.54) is 42.0 Å². The van der Waals surface area contributed by atoms with Gasteiger partial charge in [-0.1, -0.05) is 26.2 Å². The van der Waals surface area contributed by atoms with Crippen LogP contribution in [0.5, 0.6) is 0 Å². The third-order valence-corrected chi connectivity index (χ3v) is 5.65. The van der Waals surface area contributed by atoms with Crippen LogP contribution in [-0.4, -0.2) is 10.2 Å². The van der Waals surface area contributed by atoms with E-state index in [9.17, 15) is 0 Å². The average Bonchev–Trinajstić information content (AvgIpc) is 2.76. The lowest BCUT2D eigenvalue weighted by Gasteiger charge is -2.20. The first-order valence-corrected chi connectivity index (χ1v) is 7.80. The van der Waals surface area contributed by atoms with Gasteiger partial charge in [-0.15, -0.1) is 11.3 Å². The number of thiazole rings is 1. The standard InChI is InChI=1S/C12H19NS2/c1-2-10-8-13-12(15-10)9-14-11-6-4-3-5-7-11/h8,11H,2-7,9H2,1H3. The Labute approximate surface area is 101 Å². The van der Waals surface area contributed by atoms with Crippen molar-refractivity contribution >= 4 is 23.1 Å². The molecule has 0 amide bonds. The van der Waals surface area contributed by atoms with Crippen LogP contribution >= 0.6 is 23.1 Å². The molecule has 0 bridgehead atoms. The molecule has 1 aliphatic carbocycles. The minimum absolute atomic E-state index is 0.910. The Morgan fingerprint density at radius 3 is 2.87 bits per heavy atom. The van der Waals surface area contributed by atoms with Gasteiger partial charge < -0.3 is 0 Å². The maximum atomic E-state index is 4.47. The third-order valence-electron chi connectivity index (χ3n) is 2.94. The summed E-state index contributed by atoms with van der Waals surface area (Å²) in [6.07, 6.45) is 10.4. The fourth-order valence-electron chi connectivity index (χ4n) is 2.00. The van der Waals surface area contributed by atoms with Gasteiger partial charge in [0.05, 0.1) is 0 Å². The molecule has 15 heavy (non-hydrogen) atoms. The Morgan fingerprint density at radius 2 is 2.20 bits per heavy atom. The van der Waals surface area contributed by atoms with E-state index < -0.39 is 0 Å². The first-order valence-electron chi connectivity index (χ1n) is 5.93. The predicted molar refractivity (Wildman–Crippen MR) is 69.7 cm³/mol. The van der Waals surface area contributed by atoms with Crippen LogP contribution in [0.25, 0.3) is 0 Å². The SMILES string of the molecule is CCc1cnc(CSC2CCCCC2)s1. The van der Waals surface area contributed by atoms with Crippen LogP contribution in [0.2, 0.25) is 0 Å². The van der Waals surface area contributed by atoms with Crippen molar-refractivity contribution in [1.29, 1.82) is 0 Å². The van der Waals surface area contributed by atoms with Crippen molar-refractivity contribution < 1.29 is 0 Å². The van der Waals surface area contributed by atoms with Crippen LogP contribution in [0, 0.1) is 0 Å². The van der Waals surface area contributed by atoms with Gasteiger partial charge >= 0.3 is 0 Å². The summed E-state index contributed by atoms with van der Waals surface area (Å²) in [6.45, 7) is 2.20. The van der Waals surface area contributed by atoms with Gasteiger partial charge in [0.15, 0.2) is 0 Å². The van der Waals surface area contributed by atoms with Gasteiger partial charge in [-0.05, 0) is 19.3 Å². The highest BCUT2D eigenvalue weighted by atomic mass is 32.2. The quantitative estimate of drug-likeness (QED) is 0.780. The fraction of sp³-hybridized carbons (Fsp3) is 0.750. The highest BCUT2D eigenvalue weighted by Crippen LogP contribution is 2.31. The van der Waals surface area contributed by atoms with Crippen molar-refractivity contribution in [3.05, 3.63) is 16.1 Å². The smallest absolute Gasteiger partial charge is 0.103 e. The summed E-state index contributed by atoms with van der Waals surface area (Å²) in [7, 11) is 0. The topological polar surface area (TPSA) is 12.9 Å². The van der Waals surface area contributed by atoms with E-state index in [0.717, 1.165) is 17.4 Å². The fourth-order valence-corrected chi connectivity index (χ4v) is 4.22. The van der Waals surface area contributed by atoms with Gasteiger partial charge in [0, 0.05) is 22.1 Å². The molecule has 1 heterocycles. The molecule has 1 aromatic rings. The molecule has 0 radical (unpaired) electrons. The van der Waals surface area contributed by atoms with Crippen molar-refractivity contribution in [2.24, 2.45) is 0 Å². The van der Waals surface area contributed by atoms with E-state index >= 15 is 0 Å². The molecule has 0 saturated heterocycles. The number of aryl methyl sites for hydroxylation is 1. The minimum atomic E-state index is 0.910. The van der Waals surface area contributed by atoms with Crippen molar-refractivity contribution in [3.63, 3.8) is 0 Å². The van der Waals surface area contributed by atoms with Gasteiger partial charge in [0.25, 0.3) is 0 Å². The summed E-state index contributed by atoms with van der Waals surface area (Å²) in [4.78, 5) is 5.89. The second-order valence-electron chi connectivity index (χ2n) is 4.14. The highest BCUT2D eigenvalue weighted by Gasteiger charge is 2.14. The lowest BCUT2D eigenvalue weighted by Crippen LogP contribution is -2.07. The van der Waals surface area contributed by atoms with Crippen LogP contribution in [0.4, 0.5) is 0 Å². The Hall–Kier alpha value is -0.0200. The van der Waals surface area contributed by atoms with Crippen LogP contribution in [0.3, 0.4) is 0 Å². The summed E-state index contributed by atoms with van der Waals surface area (Å²) in [5, 5.41) is 2.23. The summed E-state index contributed by atoms with van der Waals surface area (Å²) < 4.78 is 0. The Bertz CT molecular complexity index is 290. The molecule has 1 nitrogen and oxygen atoms in total. The zero-order valence-electron chi connectivity index (χ0n) is 9.37. The van der Waals surface area contributed by atoms with Crippen molar-refractivity contribution in [2.45, 2.75) is 56.5 Å². The molecule has 0 spiro atoms. The normalized spacial score (nSPS) is 18.2. The molecule has 84 valence electrons. The molecule has 0 aliphatic heterocycles. The Morgan fingerprint density at radius 1 is 1.40 bits per heavy atom.